The van der Waals surface area contributed by atoms with E-state index in [2.05, 4.69) is 10.0 Å². The SMILES string of the molecule is Cc1cc(S(=O)(=O)N[C@H](C(N)=O)C(C)C)ccc1NC(=O)COc1ccc(Cl)cc1C(=O)c1cc(Cl)cc(C#N)c1. The van der Waals surface area contributed by atoms with Gasteiger partial charge in [0.05, 0.1) is 22.1 Å². The number of hydrogen-bond donors (Lipinski definition) is 3. The number of nitrogens with zero attached hydrogens (tertiary/aromatic N) is 1. The zero-order chi connectivity index (χ0) is 30.5. The Bertz CT molecular complexity index is 1670. The fourth-order valence-electron chi connectivity index (χ4n) is 3.78. The van der Waals surface area contributed by atoms with Crippen LogP contribution in [0.5, 0.6) is 5.75 Å². The summed E-state index contributed by atoms with van der Waals surface area (Å²) in [5, 5.41) is 12.3. The van der Waals surface area contributed by atoms with E-state index in [1.54, 1.807) is 20.8 Å². The third-order valence-electron chi connectivity index (χ3n) is 5.87. The average Bonchev–Trinajstić information content (AvgIpc) is 2.90. The van der Waals surface area contributed by atoms with E-state index in [-0.39, 0.29) is 43.3 Å². The topological polar surface area (TPSA) is 168 Å². The molecule has 0 aromatic heterocycles. The van der Waals surface area contributed by atoms with Gasteiger partial charge in [-0.1, -0.05) is 37.0 Å². The van der Waals surface area contributed by atoms with Crippen LogP contribution in [-0.2, 0) is 19.6 Å². The van der Waals surface area contributed by atoms with Crippen LogP contribution in [0.4, 0.5) is 5.69 Å². The number of ketones is 1. The number of ether oxygens (including phenoxy) is 1. The molecular weight excluding hydrogens is 591 g/mol. The molecule has 0 spiro atoms. The lowest BCUT2D eigenvalue weighted by Crippen LogP contribution is -2.47. The minimum absolute atomic E-state index is 0.0605. The highest BCUT2D eigenvalue weighted by atomic mass is 35.5. The number of halogens is 2. The number of nitriles is 1. The molecule has 41 heavy (non-hydrogen) atoms. The van der Waals surface area contributed by atoms with Crippen LogP contribution in [0.25, 0.3) is 0 Å². The Kier molecular flexibility index (Phi) is 10.1. The first-order chi connectivity index (χ1) is 19.2. The zero-order valence-corrected chi connectivity index (χ0v) is 24.5. The number of rotatable bonds is 11. The largest absolute Gasteiger partial charge is 0.483 e. The maximum Gasteiger partial charge on any atom is 0.262 e. The fraction of sp³-hybridized carbons (Fsp3) is 0.214. The van der Waals surface area contributed by atoms with Crippen LogP contribution in [0, 0.1) is 24.2 Å². The number of nitrogens with two attached hydrogens (primary N) is 1. The van der Waals surface area contributed by atoms with E-state index in [4.69, 9.17) is 33.7 Å². The van der Waals surface area contributed by atoms with Crippen molar-refractivity contribution in [3.8, 4) is 11.8 Å². The van der Waals surface area contributed by atoms with E-state index in [9.17, 15) is 28.1 Å². The van der Waals surface area contributed by atoms with Crippen molar-refractivity contribution in [1.29, 1.82) is 5.26 Å². The molecule has 0 heterocycles. The Labute approximate surface area is 247 Å². The summed E-state index contributed by atoms with van der Waals surface area (Å²) in [4.78, 5) is 37.4. The van der Waals surface area contributed by atoms with Gasteiger partial charge in [0.1, 0.15) is 11.8 Å². The molecule has 4 N–H and O–H groups in total. The van der Waals surface area contributed by atoms with Crippen LogP contribution in [0.15, 0.2) is 59.5 Å². The molecule has 3 aromatic carbocycles. The van der Waals surface area contributed by atoms with Crippen molar-refractivity contribution < 1.29 is 27.5 Å². The highest BCUT2D eigenvalue weighted by molar-refractivity contribution is 7.89. The number of benzene rings is 3. The molecule has 3 rings (SSSR count). The lowest BCUT2D eigenvalue weighted by molar-refractivity contribution is -0.120. The second-order valence-electron chi connectivity index (χ2n) is 9.37. The maximum absolute atomic E-state index is 13.2. The van der Waals surface area contributed by atoms with E-state index >= 15 is 0 Å². The van der Waals surface area contributed by atoms with Crippen molar-refractivity contribution in [2.24, 2.45) is 11.7 Å². The number of primary amides is 1. The van der Waals surface area contributed by atoms with Gasteiger partial charge in [0.15, 0.2) is 12.4 Å². The van der Waals surface area contributed by atoms with Gasteiger partial charge in [0.2, 0.25) is 15.9 Å². The molecule has 0 aliphatic heterocycles. The number of aryl methyl sites for hydroxylation is 1. The second-order valence-corrected chi connectivity index (χ2v) is 12.0. The molecule has 0 aliphatic rings. The molecule has 10 nitrogen and oxygen atoms in total. The number of carbonyl (C=O) groups excluding carboxylic acids is 3. The van der Waals surface area contributed by atoms with Gasteiger partial charge in [-0.3, -0.25) is 14.4 Å². The molecule has 0 bridgehead atoms. The molecule has 0 saturated heterocycles. The third-order valence-corrected chi connectivity index (χ3v) is 7.76. The summed E-state index contributed by atoms with van der Waals surface area (Å²) in [6.45, 7) is 4.43. The quantitative estimate of drug-likeness (QED) is 0.271. The summed E-state index contributed by atoms with van der Waals surface area (Å²) in [6.07, 6.45) is 0. The summed E-state index contributed by atoms with van der Waals surface area (Å²) in [6, 6.07) is 13.4. The van der Waals surface area contributed by atoms with Crippen molar-refractivity contribution in [3.63, 3.8) is 0 Å². The highest BCUT2D eigenvalue weighted by Gasteiger charge is 2.27. The van der Waals surface area contributed by atoms with Crippen LogP contribution in [0.3, 0.4) is 0 Å². The van der Waals surface area contributed by atoms with Crippen molar-refractivity contribution in [2.45, 2.75) is 31.7 Å². The third kappa shape index (κ3) is 8.05. The van der Waals surface area contributed by atoms with Gasteiger partial charge in [0, 0.05) is 21.3 Å². The minimum atomic E-state index is -4.07. The maximum atomic E-state index is 13.2. The Morgan fingerprint density at radius 3 is 2.34 bits per heavy atom. The molecule has 0 saturated carbocycles. The smallest absolute Gasteiger partial charge is 0.262 e. The first-order valence-corrected chi connectivity index (χ1v) is 14.4. The number of hydrogen-bond acceptors (Lipinski definition) is 7. The summed E-state index contributed by atoms with van der Waals surface area (Å²) < 4.78 is 33.5. The van der Waals surface area contributed by atoms with Crippen LogP contribution in [0.1, 0.15) is 40.9 Å². The summed E-state index contributed by atoms with van der Waals surface area (Å²) in [5.74, 6) is -2.18. The predicted octanol–water partition coefficient (Wildman–Crippen LogP) is 4.21. The van der Waals surface area contributed by atoms with E-state index < -0.39 is 40.3 Å². The Hall–Kier alpha value is -3.95. The normalized spacial score (nSPS) is 11.9. The van der Waals surface area contributed by atoms with Crippen LogP contribution >= 0.6 is 23.2 Å². The van der Waals surface area contributed by atoms with Crippen molar-refractivity contribution in [2.75, 3.05) is 11.9 Å². The van der Waals surface area contributed by atoms with E-state index in [1.807, 2.05) is 6.07 Å². The number of amides is 2. The molecule has 3 aromatic rings. The van der Waals surface area contributed by atoms with Crippen molar-refractivity contribution in [3.05, 3.63) is 86.9 Å². The van der Waals surface area contributed by atoms with Gasteiger partial charge in [-0.25, -0.2) is 8.42 Å². The molecule has 214 valence electrons. The predicted molar refractivity (Wildman–Crippen MR) is 154 cm³/mol. The Morgan fingerprint density at radius 1 is 1.02 bits per heavy atom. The van der Waals surface area contributed by atoms with Gasteiger partial charge in [-0.2, -0.15) is 9.98 Å². The van der Waals surface area contributed by atoms with Crippen molar-refractivity contribution >= 4 is 56.5 Å². The Balaban J connectivity index is 1.74. The van der Waals surface area contributed by atoms with Gasteiger partial charge in [0.25, 0.3) is 5.91 Å². The molecule has 1 atom stereocenters. The standard InChI is InChI=1S/C28H26Cl2N4O6S/c1-15(2)26(28(32)37)34-41(38,39)21-5-6-23(16(3)8-21)33-25(35)14-40-24-7-4-19(29)12-22(24)27(36)18-9-17(13-31)10-20(30)11-18/h4-12,15,26,34H,14H2,1-3H3,(H2,32,37)(H,33,35)/t26-/m0/s1. The molecular formula is C28H26Cl2N4O6S. The number of sulfonamides is 1. The summed E-state index contributed by atoms with van der Waals surface area (Å²) in [5.41, 5.74) is 6.46. The first kappa shape index (κ1) is 31.6. The Morgan fingerprint density at radius 2 is 1.73 bits per heavy atom. The summed E-state index contributed by atoms with van der Waals surface area (Å²) >= 11 is 12.1. The lowest BCUT2D eigenvalue weighted by atomic mass is 10.0. The van der Waals surface area contributed by atoms with Crippen LogP contribution in [0.2, 0.25) is 10.0 Å². The van der Waals surface area contributed by atoms with Crippen molar-refractivity contribution in [1.82, 2.24) is 4.72 Å². The monoisotopic (exact) mass is 616 g/mol. The molecule has 0 aliphatic carbocycles. The molecule has 0 radical (unpaired) electrons. The highest BCUT2D eigenvalue weighted by Crippen LogP contribution is 2.27. The molecule has 0 fully saturated rings. The second kappa shape index (κ2) is 13.1. The first-order valence-electron chi connectivity index (χ1n) is 12.1. The molecule has 13 heteroatoms. The van der Waals surface area contributed by atoms with E-state index in [0.29, 0.717) is 11.3 Å². The average molecular weight is 618 g/mol. The fourth-order valence-corrected chi connectivity index (χ4v) is 5.62. The lowest BCUT2D eigenvalue weighted by Gasteiger charge is -2.19. The zero-order valence-electron chi connectivity index (χ0n) is 22.2. The van der Waals surface area contributed by atoms with E-state index in [0.717, 1.165) is 0 Å². The van der Waals surface area contributed by atoms with Gasteiger partial charge >= 0.3 is 0 Å². The summed E-state index contributed by atoms with van der Waals surface area (Å²) in [7, 11) is -4.07. The molecule has 0 unspecified atom stereocenters. The minimum Gasteiger partial charge on any atom is -0.483 e. The molecule has 2 amide bonds. The number of carbonyl (C=O) groups is 3. The van der Waals surface area contributed by atoms with Crippen LogP contribution in [-0.4, -0.2) is 38.7 Å². The number of anilines is 1. The van der Waals surface area contributed by atoms with E-state index in [1.165, 1.54) is 54.6 Å². The van der Waals surface area contributed by atoms with Crippen LogP contribution < -0.4 is 20.5 Å². The number of nitrogens with one attached hydrogen (secondary N) is 2. The van der Waals surface area contributed by atoms with Gasteiger partial charge in [-0.05, 0) is 73.0 Å². The van der Waals surface area contributed by atoms with Gasteiger partial charge in [-0.15, -0.1) is 0 Å². The van der Waals surface area contributed by atoms with Gasteiger partial charge < -0.3 is 15.8 Å².